The molecule has 0 radical (unpaired) electrons. The summed E-state index contributed by atoms with van der Waals surface area (Å²) < 4.78 is 0. The average molecular weight is 160 g/mol. The number of hydrazine groups is 1. The highest BCUT2D eigenvalue weighted by Crippen LogP contribution is 1.79. The molecule has 64 valence electrons. The minimum absolute atomic E-state index is 0.103. The molecule has 0 atom stereocenters. The normalized spacial score (nSPS) is 11.7. The Morgan fingerprint density at radius 2 is 2.27 bits per heavy atom. The van der Waals surface area contributed by atoms with Gasteiger partial charge < -0.3 is 10.9 Å². The molecule has 0 bridgehead atoms. The number of nitrogens with zero attached hydrogens (tertiary/aromatic N) is 2. The fourth-order valence-corrected chi connectivity index (χ4v) is 0.489. The quantitative estimate of drug-likeness (QED) is 0.207. The SMILES string of the molecule is CN(C)NC(=O)C/C(N)=N/O. The van der Waals surface area contributed by atoms with Gasteiger partial charge in [0.2, 0.25) is 5.91 Å². The van der Waals surface area contributed by atoms with Gasteiger partial charge in [-0.15, -0.1) is 0 Å². The Hall–Kier alpha value is -1.30. The molecule has 0 aliphatic rings. The zero-order chi connectivity index (χ0) is 8.85. The molecule has 1 amide bonds. The number of nitrogens with two attached hydrogens (primary N) is 1. The van der Waals surface area contributed by atoms with Crippen molar-refractivity contribution in [3.63, 3.8) is 0 Å². The van der Waals surface area contributed by atoms with Crippen LogP contribution in [-0.4, -0.2) is 36.1 Å². The van der Waals surface area contributed by atoms with E-state index in [2.05, 4.69) is 10.6 Å². The van der Waals surface area contributed by atoms with Crippen molar-refractivity contribution in [2.24, 2.45) is 10.9 Å². The molecule has 0 spiro atoms. The van der Waals surface area contributed by atoms with E-state index in [0.29, 0.717) is 0 Å². The average Bonchev–Trinajstić information content (AvgIpc) is 1.85. The van der Waals surface area contributed by atoms with Crippen LogP contribution in [0.15, 0.2) is 5.16 Å². The predicted molar refractivity (Wildman–Crippen MR) is 39.9 cm³/mol. The summed E-state index contributed by atoms with van der Waals surface area (Å²) in [4.78, 5) is 10.8. The smallest absolute Gasteiger partial charge is 0.241 e. The molecule has 0 aliphatic carbocycles. The van der Waals surface area contributed by atoms with Gasteiger partial charge in [-0.2, -0.15) is 0 Å². The van der Waals surface area contributed by atoms with Crippen LogP contribution in [0, 0.1) is 0 Å². The van der Waals surface area contributed by atoms with E-state index in [-0.39, 0.29) is 18.2 Å². The molecule has 0 saturated heterocycles. The van der Waals surface area contributed by atoms with E-state index in [9.17, 15) is 4.79 Å². The van der Waals surface area contributed by atoms with Gasteiger partial charge in [-0.05, 0) is 0 Å². The maximum atomic E-state index is 10.8. The highest BCUT2D eigenvalue weighted by Gasteiger charge is 2.04. The molecule has 0 aromatic heterocycles. The van der Waals surface area contributed by atoms with Crippen molar-refractivity contribution in [1.29, 1.82) is 0 Å². The Bertz CT molecular complexity index is 166. The Morgan fingerprint density at radius 3 is 2.64 bits per heavy atom. The molecule has 0 heterocycles. The van der Waals surface area contributed by atoms with Crippen molar-refractivity contribution in [2.45, 2.75) is 6.42 Å². The van der Waals surface area contributed by atoms with Gasteiger partial charge in [0.25, 0.3) is 0 Å². The van der Waals surface area contributed by atoms with Gasteiger partial charge in [0.05, 0.1) is 6.42 Å². The molecule has 0 fully saturated rings. The fourth-order valence-electron chi connectivity index (χ4n) is 0.489. The third kappa shape index (κ3) is 5.16. The van der Waals surface area contributed by atoms with Gasteiger partial charge in [-0.3, -0.25) is 10.2 Å². The molecule has 0 rings (SSSR count). The number of carbonyl (C=O) groups is 1. The monoisotopic (exact) mass is 160 g/mol. The van der Waals surface area contributed by atoms with E-state index < -0.39 is 0 Å². The van der Waals surface area contributed by atoms with E-state index in [0.717, 1.165) is 0 Å². The van der Waals surface area contributed by atoms with Crippen LogP contribution in [0.4, 0.5) is 0 Å². The van der Waals surface area contributed by atoms with Gasteiger partial charge >= 0.3 is 0 Å². The van der Waals surface area contributed by atoms with E-state index in [1.54, 1.807) is 14.1 Å². The number of amides is 1. The van der Waals surface area contributed by atoms with Crippen LogP contribution in [0.1, 0.15) is 6.42 Å². The summed E-state index contributed by atoms with van der Waals surface area (Å²) in [5.41, 5.74) is 7.50. The fraction of sp³-hybridized carbons (Fsp3) is 0.600. The van der Waals surface area contributed by atoms with E-state index >= 15 is 0 Å². The molecule has 6 nitrogen and oxygen atoms in total. The number of amidine groups is 1. The molecule has 0 aliphatic heterocycles. The lowest BCUT2D eigenvalue weighted by Crippen LogP contribution is -2.38. The summed E-state index contributed by atoms with van der Waals surface area (Å²) >= 11 is 0. The third-order valence-electron chi connectivity index (χ3n) is 0.818. The van der Waals surface area contributed by atoms with Crippen LogP contribution in [0.25, 0.3) is 0 Å². The minimum Gasteiger partial charge on any atom is -0.409 e. The standard InChI is InChI=1S/C5H12N4O2/c1-9(2)7-5(10)3-4(6)8-11/h11H,3H2,1-2H3,(H2,6,8)(H,7,10). The molecule has 0 unspecified atom stereocenters. The summed E-state index contributed by atoms with van der Waals surface area (Å²) in [7, 11) is 3.34. The van der Waals surface area contributed by atoms with Crippen molar-refractivity contribution >= 4 is 11.7 Å². The number of hydrogen-bond donors (Lipinski definition) is 3. The topological polar surface area (TPSA) is 91.0 Å². The van der Waals surface area contributed by atoms with E-state index in [1.807, 2.05) is 0 Å². The zero-order valence-corrected chi connectivity index (χ0v) is 6.53. The van der Waals surface area contributed by atoms with E-state index in [1.165, 1.54) is 5.01 Å². The lowest BCUT2D eigenvalue weighted by Gasteiger charge is -2.10. The van der Waals surface area contributed by atoms with Gasteiger partial charge in [0, 0.05) is 14.1 Å². The van der Waals surface area contributed by atoms with Crippen molar-refractivity contribution in [3.05, 3.63) is 0 Å². The van der Waals surface area contributed by atoms with Gasteiger partial charge in [0.15, 0.2) is 0 Å². The Kier molecular flexibility index (Phi) is 3.97. The second-order valence-electron chi connectivity index (χ2n) is 2.20. The number of oxime groups is 1. The number of nitrogens with one attached hydrogen (secondary N) is 1. The first-order chi connectivity index (χ1) is 5.06. The molecule has 4 N–H and O–H groups in total. The highest BCUT2D eigenvalue weighted by atomic mass is 16.4. The van der Waals surface area contributed by atoms with Crippen molar-refractivity contribution in [1.82, 2.24) is 10.4 Å². The predicted octanol–water partition coefficient (Wildman–Crippen LogP) is -1.28. The summed E-state index contributed by atoms with van der Waals surface area (Å²) in [6.07, 6.45) is -0.103. The number of carbonyl (C=O) groups excluding carboxylic acids is 1. The van der Waals surface area contributed by atoms with Crippen molar-refractivity contribution in [2.75, 3.05) is 14.1 Å². The van der Waals surface area contributed by atoms with Crippen LogP contribution in [-0.2, 0) is 4.79 Å². The molecular formula is C5H12N4O2. The molecule has 0 aromatic carbocycles. The summed E-state index contributed by atoms with van der Waals surface area (Å²) in [6, 6.07) is 0. The number of hydrogen-bond acceptors (Lipinski definition) is 4. The minimum atomic E-state index is -0.315. The van der Waals surface area contributed by atoms with E-state index in [4.69, 9.17) is 10.9 Å². The van der Waals surface area contributed by atoms with Crippen LogP contribution in [0.3, 0.4) is 0 Å². The van der Waals surface area contributed by atoms with Crippen molar-refractivity contribution in [3.8, 4) is 0 Å². The Balaban J connectivity index is 3.70. The first-order valence-electron chi connectivity index (χ1n) is 2.99. The molecule has 6 heteroatoms. The van der Waals surface area contributed by atoms with Gasteiger partial charge in [-0.1, -0.05) is 5.16 Å². The van der Waals surface area contributed by atoms with Crippen LogP contribution >= 0.6 is 0 Å². The lowest BCUT2D eigenvalue weighted by molar-refractivity contribution is -0.123. The summed E-state index contributed by atoms with van der Waals surface area (Å²) in [5.74, 6) is -0.422. The third-order valence-corrected chi connectivity index (χ3v) is 0.818. The lowest BCUT2D eigenvalue weighted by atomic mass is 10.4. The molecular weight excluding hydrogens is 148 g/mol. The largest absolute Gasteiger partial charge is 0.409 e. The molecule has 0 saturated carbocycles. The first-order valence-corrected chi connectivity index (χ1v) is 2.99. The van der Waals surface area contributed by atoms with Gasteiger partial charge in [0.1, 0.15) is 5.84 Å². The Morgan fingerprint density at radius 1 is 1.73 bits per heavy atom. The summed E-state index contributed by atoms with van der Waals surface area (Å²) in [5, 5.41) is 12.2. The molecule has 0 aromatic rings. The second kappa shape index (κ2) is 4.51. The molecule has 11 heavy (non-hydrogen) atoms. The first kappa shape index (κ1) is 9.70. The maximum Gasteiger partial charge on any atom is 0.241 e. The second-order valence-corrected chi connectivity index (χ2v) is 2.20. The zero-order valence-electron chi connectivity index (χ0n) is 6.53. The van der Waals surface area contributed by atoms with Crippen LogP contribution in [0.5, 0.6) is 0 Å². The Labute approximate surface area is 64.6 Å². The van der Waals surface area contributed by atoms with Gasteiger partial charge in [-0.25, -0.2) is 5.01 Å². The van der Waals surface area contributed by atoms with Crippen LogP contribution in [0.2, 0.25) is 0 Å². The maximum absolute atomic E-state index is 10.8. The summed E-state index contributed by atoms with van der Waals surface area (Å²) in [6.45, 7) is 0. The van der Waals surface area contributed by atoms with Crippen molar-refractivity contribution < 1.29 is 10.0 Å². The van der Waals surface area contributed by atoms with Crippen LogP contribution < -0.4 is 11.2 Å². The number of rotatable bonds is 3. The highest BCUT2D eigenvalue weighted by molar-refractivity contribution is 5.98.